The fourth-order valence-electron chi connectivity index (χ4n) is 2.47. The van der Waals surface area contributed by atoms with Crippen LogP contribution >= 0.6 is 0 Å². The van der Waals surface area contributed by atoms with Crippen LogP contribution in [0.4, 0.5) is 0 Å². The minimum atomic E-state index is 0.262. The summed E-state index contributed by atoms with van der Waals surface area (Å²) in [5.74, 6) is 3.34. The molecule has 1 atom stereocenters. The highest BCUT2D eigenvalue weighted by Crippen LogP contribution is 2.17. The molecule has 4 heteroatoms. The summed E-state index contributed by atoms with van der Waals surface area (Å²) in [6, 6.07) is 7.97. The van der Waals surface area contributed by atoms with E-state index >= 15 is 0 Å². The van der Waals surface area contributed by atoms with E-state index in [-0.39, 0.29) is 6.10 Å². The first kappa shape index (κ1) is 15.8. The van der Waals surface area contributed by atoms with Crippen molar-refractivity contribution < 1.29 is 9.47 Å². The summed E-state index contributed by atoms with van der Waals surface area (Å²) in [6.45, 7) is 8.04. The van der Waals surface area contributed by atoms with Crippen LogP contribution in [0.15, 0.2) is 24.3 Å². The normalized spacial score (nSPS) is 19.1. The maximum Gasteiger partial charge on any atom is 0.148 e. The molecule has 21 heavy (non-hydrogen) atoms. The van der Waals surface area contributed by atoms with Crippen LogP contribution in [0.3, 0.4) is 0 Å². The number of likely N-dealkylation sites (N-methyl/N-ethyl adjacent to an activating group) is 1. The predicted molar refractivity (Wildman–Crippen MR) is 84.3 cm³/mol. The van der Waals surface area contributed by atoms with Crippen molar-refractivity contribution in [3.05, 3.63) is 29.8 Å². The molecule has 1 saturated heterocycles. The van der Waals surface area contributed by atoms with E-state index in [0.717, 1.165) is 50.6 Å². The first-order valence-corrected chi connectivity index (χ1v) is 7.52. The molecule has 0 saturated carbocycles. The standard InChI is InChI=1S/C17H24N2O2/c1-3-10-21-17-8-6-5-7-15(17)12-18-13-16-14-19(4-2)9-11-20-16/h1,5-8,16,18H,4,9-14H2,2H3. The van der Waals surface area contributed by atoms with Gasteiger partial charge in [-0.2, -0.15) is 0 Å². The minimum absolute atomic E-state index is 0.262. The second kappa shape index (κ2) is 8.68. The fourth-order valence-corrected chi connectivity index (χ4v) is 2.47. The SMILES string of the molecule is C#CCOc1ccccc1CNCC1CN(CC)CCO1. The molecule has 0 aromatic heterocycles. The van der Waals surface area contributed by atoms with Crippen LogP contribution in [0.2, 0.25) is 0 Å². The van der Waals surface area contributed by atoms with Gasteiger partial charge < -0.3 is 14.8 Å². The Labute approximate surface area is 127 Å². The Balaban J connectivity index is 1.79. The van der Waals surface area contributed by atoms with E-state index in [1.807, 2.05) is 18.2 Å². The molecule has 1 fully saturated rings. The molecule has 1 aromatic rings. The van der Waals surface area contributed by atoms with Crippen molar-refractivity contribution in [2.45, 2.75) is 19.6 Å². The van der Waals surface area contributed by atoms with Crippen LogP contribution in [0.1, 0.15) is 12.5 Å². The van der Waals surface area contributed by atoms with Gasteiger partial charge in [0.25, 0.3) is 0 Å². The van der Waals surface area contributed by atoms with E-state index in [0.29, 0.717) is 6.61 Å². The summed E-state index contributed by atoms with van der Waals surface area (Å²) in [7, 11) is 0. The summed E-state index contributed by atoms with van der Waals surface area (Å²) in [6.07, 6.45) is 5.50. The van der Waals surface area contributed by atoms with Crippen molar-refractivity contribution in [1.29, 1.82) is 0 Å². The molecule has 4 nitrogen and oxygen atoms in total. The molecular formula is C17H24N2O2. The van der Waals surface area contributed by atoms with Gasteiger partial charge in [-0.05, 0) is 12.6 Å². The predicted octanol–water partition coefficient (Wildman–Crippen LogP) is 1.51. The Morgan fingerprint density at radius 3 is 3.14 bits per heavy atom. The van der Waals surface area contributed by atoms with Gasteiger partial charge in [-0.25, -0.2) is 0 Å². The molecule has 1 heterocycles. The molecule has 1 aromatic carbocycles. The number of para-hydroxylation sites is 1. The van der Waals surface area contributed by atoms with E-state index < -0.39 is 0 Å². The number of nitrogens with zero attached hydrogens (tertiary/aromatic N) is 1. The van der Waals surface area contributed by atoms with Crippen LogP contribution in [0.25, 0.3) is 0 Å². The van der Waals surface area contributed by atoms with E-state index in [2.05, 4.69) is 29.1 Å². The molecule has 1 unspecified atom stereocenters. The van der Waals surface area contributed by atoms with Crippen LogP contribution in [0, 0.1) is 12.3 Å². The molecular weight excluding hydrogens is 264 g/mol. The molecule has 1 aliphatic heterocycles. The highest BCUT2D eigenvalue weighted by Gasteiger charge is 2.18. The van der Waals surface area contributed by atoms with Crippen molar-refractivity contribution in [2.75, 3.05) is 39.4 Å². The van der Waals surface area contributed by atoms with Gasteiger partial charge in [0, 0.05) is 31.7 Å². The lowest BCUT2D eigenvalue weighted by atomic mass is 10.2. The van der Waals surface area contributed by atoms with Crippen LogP contribution < -0.4 is 10.1 Å². The molecule has 1 N–H and O–H groups in total. The number of benzene rings is 1. The highest BCUT2D eigenvalue weighted by molar-refractivity contribution is 5.33. The van der Waals surface area contributed by atoms with Gasteiger partial charge in [0.2, 0.25) is 0 Å². The monoisotopic (exact) mass is 288 g/mol. The summed E-state index contributed by atoms with van der Waals surface area (Å²) < 4.78 is 11.3. The summed E-state index contributed by atoms with van der Waals surface area (Å²) >= 11 is 0. The largest absolute Gasteiger partial charge is 0.481 e. The quantitative estimate of drug-likeness (QED) is 0.771. The lowest BCUT2D eigenvalue weighted by molar-refractivity contribution is -0.0253. The van der Waals surface area contributed by atoms with Gasteiger partial charge >= 0.3 is 0 Å². The van der Waals surface area contributed by atoms with Gasteiger partial charge in [0.05, 0.1) is 12.7 Å². The zero-order valence-electron chi connectivity index (χ0n) is 12.7. The molecule has 0 amide bonds. The van der Waals surface area contributed by atoms with Crippen molar-refractivity contribution in [1.82, 2.24) is 10.2 Å². The molecule has 0 radical (unpaired) electrons. The summed E-state index contributed by atoms with van der Waals surface area (Å²) in [5.41, 5.74) is 1.12. The Kier molecular flexibility index (Phi) is 6.55. The number of hydrogen-bond donors (Lipinski definition) is 1. The minimum Gasteiger partial charge on any atom is -0.481 e. The molecule has 0 spiro atoms. The first-order valence-electron chi connectivity index (χ1n) is 7.52. The third-order valence-corrected chi connectivity index (χ3v) is 3.64. The molecule has 1 aliphatic rings. The topological polar surface area (TPSA) is 33.7 Å². The first-order chi connectivity index (χ1) is 10.3. The Hall–Kier alpha value is -1.54. The highest BCUT2D eigenvalue weighted by atomic mass is 16.5. The molecule has 2 rings (SSSR count). The second-order valence-corrected chi connectivity index (χ2v) is 5.12. The lowest BCUT2D eigenvalue weighted by Crippen LogP contribution is -2.46. The molecule has 114 valence electrons. The van der Waals surface area contributed by atoms with Gasteiger partial charge in [0.1, 0.15) is 12.4 Å². The number of terminal acetylenes is 1. The van der Waals surface area contributed by atoms with Crippen molar-refractivity contribution in [2.24, 2.45) is 0 Å². The smallest absolute Gasteiger partial charge is 0.148 e. The average Bonchev–Trinajstić information content (AvgIpc) is 2.54. The van der Waals surface area contributed by atoms with Gasteiger partial charge in [-0.1, -0.05) is 31.0 Å². The zero-order valence-corrected chi connectivity index (χ0v) is 12.7. The average molecular weight is 288 g/mol. The lowest BCUT2D eigenvalue weighted by Gasteiger charge is -2.32. The maximum atomic E-state index is 5.78. The number of morpholine rings is 1. The Morgan fingerprint density at radius 1 is 1.48 bits per heavy atom. The number of ether oxygens (including phenoxy) is 2. The summed E-state index contributed by atoms with van der Waals surface area (Å²) in [4.78, 5) is 2.42. The Bertz CT molecular complexity index is 470. The maximum absolute atomic E-state index is 5.78. The number of hydrogen-bond acceptors (Lipinski definition) is 4. The Morgan fingerprint density at radius 2 is 2.33 bits per heavy atom. The second-order valence-electron chi connectivity index (χ2n) is 5.12. The van der Waals surface area contributed by atoms with E-state index in [4.69, 9.17) is 15.9 Å². The zero-order chi connectivity index (χ0) is 14.9. The van der Waals surface area contributed by atoms with Crippen molar-refractivity contribution >= 4 is 0 Å². The third kappa shape index (κ3) is 5.05. The van der Waals surface area contributed by atoms with Gasteiger partial charge in [-0.3, -0.25) is 4.90 Å². The van der Waals surface area contributed by atoms with Crippen molar-refractivity contribution in [3.63, 3.8) is 0 Å². The van der Waals surface area contributed by atoms with Crippen LogP contribution in [0.5, 0.6) is 5.75 Å². The molecule has 0 bridgehead atoms. The van der Waals surface area contributed by atoms with Crippen LogP contribution in [-0.2, 0) is 11.3 Å². The van der Waals surface area contributed by atoms with Crippen molar-refractivity contribution in [3.8, 4) is 18.1 Å². The third-order valence-electron chi connectivity index (χ3n) is 3.64. The van der Waals surface area contributed by atoms with Gasteiger partial charge in [0.15, 0.2) is 0 Å². The van der Waals surface area contributed by atoms with Crippen LogP contribution in [-0.4, -0.2) is 50.4 Å². The summed E-state index contributed by atoms with van der Waals surface area (Å²) in [5, 5.41) is 3.45. The van der Waals surface area contributed by atoms with Gasteiger partial charge in [-0.15, -0.1) is 6.42 Å². The molecule has 0 aliphatic carbocycles. The van der Waals surface area contributed by atoms with E-state index in [1.165, 1.54) is 0 Å². The van der Waals surface area contributed by atoms with E-state index in [9.17, 15) is 0 Å². The van der Waals surface area contributed by atoms with E-state index in [1.54, 1.807) is 0 Å². The number of rotatable bonds is 7. The number of nitrogens with one attached hydrogen (secondary N) is 1. The fraction of sp³-hybridized carbons (Fsp3) is 0.529.